The lowest BCUT2D eigenvalue weighted by molar-refractivity contribution is 0.101. The molecule has 0 saturated carbocycles. The number of hydrogen-bond acceptors (Lipinski definition) is 6. The summed E-state index contributed by atoms with van der Waals surface area (Å²) in [7, 11) is 0. The lowest BCUT2D eigenvalue weighted by Gasteiger charge is -2.09. The zero-order chi connectivity index (χ0) is 33.6. The molecule has 0 heterocycles. The van der Waals surface area contributed by atoms with E-state index in [1.165, 1.54) is 6.92 Å². The first-order valence-corrected chi connectivity index (χ1v) is 15.3. The largest absolute Gasteiger partial charge is 0.457 e. The summed E-state index contributed by atoms with van der Waals surface area (Å²) in [5, 5.41) is 0. The maximum Gasteiger partial charge on any atom is 0.193 e. The Hall–Kier alpha value is -6.40. The number of benzene rings is 6. The van der Waals surface area contributed by atoms with E-state index in [0.29, 0.717) is 56.2 Å². The van der Waals surface area contributed by atoms with E-state index in [0.717, 1.165) is 11.3 Å². The van der Waals surface area contributed by atoms with Crippen molar-refractivity contribution >= 4 is 23.1 Å². The molecule has 0 radical (unpaired) electrons. The number of rotatable bonds is 11. The van der Waals surface area contributed by atoms with E-state index in [1.807, 2.05) is 31.2 Å². The average Bonchev–Trinajstić information content (AvgIpc) is 3.13. The van der Waals surface area contributed by atoms with Crippen molar-refractivity contribution in [2.75, 3.05) is 0 Å². The number of Topliss-reactive ketones (excluding diaryl/α,β-unsaturated/α-hetero) is 1. The van der Waals surface area contributed by atoms with E-state index in [4.69, 9.17) is 9.47 Å². The molecule has 6 heteroatoms. The van der Waals surface area contributed by atoms with Crippen molar-refractivity contribution in [3.05, 3.63) is 190 Å². The minimum absolute atomic E-state index is 0.0562. The Balaban J connectivity index is 1.05. The van der Waals surface area contributed by atoms with Crippen LogP contribution in [0, 0.1) is 6.92 Å². The first kappa shape index (κ1) is 31.6. The summed E-state index contributed by atoms with van der Waals surface area (Å²) in [4.78, 5) is 50.5. The Morgan fingerprint density at radius 1 is 0.333 bits per heavy atom. The minimum atomic E-state index is -0.183. The molecule has 0 atom stereocenters. The molecular weight excluding hydrogens is 600 g/mol. The van der Waals surface area contributed by atoms with Crippen LogP contribution in [0.5, 0.6) is 23.0 Å². The van der Waals surface area contributed by atoms with Gasteiger partial charge >= 0.3 is 0 Å². The van der Waals surface area contributed by atoms with Gasteiger partial charge in [0, 0.05) is 38.9 Å². The van der Waals surface area contributed by atoms with Crippen LogP contribution >= 0.6 is 0 Å². The molecule has 0 aromatic heterocycles. The minimum Gasteiger partial charge on any atom is -0.457 e. The standard InChI is InChI=1S/C42H30O6/c1-27-3-19-36(20-4-27)47-37-21-13-34(14-22-37)41(45)31-9-11-32(12-10-31)42(46)35-17-25-39(26-18-35)48-38-23-15-33(16-24-38)40(44)30-7-5-29(6-8-30)28(2)43/h3-26H,1-2H3. The van der Waals surface area contributed by atoms with Crippen LogP contribution < -0.4 is 9.47 Å². The van der Waals surface area contributed by atoms with Crippen molar-refractivity contribution in [2.24, 2.45) is 0 Å². The molecule has 0 aliphatic carbocycles. The SMILES string of the molecule is CC(=O)c1ccc(C(=O)c2ccc(Oc3ccc(C(=O)c4ccc(C(=O)c5ccc(Oc6ccc(C)cc6)cc5)cc4)cc3)cc2)cc1. The molecule has 6 aromatic carbocycles. The second-order valence-electron chi connectivity index (χ2n) is 11.3. The van der Waals surface area contributed by atoms with Crippen LogP contribution in [-0.4, -0.2) is 23.1 Å². The summed E-state index contributed by atoms with van der Waals surface area (Å²) >= 11 is 0. The topological polar surface area (TPSA) is 86.7 Å². The van der Waals surface area contributed by atoms with E-state index in [9.17, 15) is 19.2 Å². The molecule has 6 nitrogen and oxygen atoms in total. The van der Waals surface area contributed by atoms with Crippen molar-refractivity contribution in [3.8, 4) is 23.0 Å². The molecule has 0 aliphatic heterocycles. The third-order valence-corrected chi connectivity index (χ3v) is 7.80. The zero-order valence-corrected chi connectivity index (χ0v) is 26.3. The van der Waals surface area contributed by atoms with Gasteiger partial charge in [-0.1, -0.05) is 66.2 Å². The fourth-order valence-electron chi connectivity index (χ4n) is 5.03. The number of ether oxygens (including phenoxy) is 2. The highest BCUT2D eigenvalue weighted by molar-refractivity contribution is 6.12. The predicted molar refractivity (Wildman–Crippen MR) is 184 cm³/mol. The van der Waals surface area contributed by atoms with Gasteiger partial charge in [-0.15, -0.1) is 0 Å². The quantitative estimate of drug-likeness (QED) is 0.133. The Kier molecular flexibility index (Phi) is 9.17. The van der Waals surface area contributed by atoms with Crippen LogP contribution in [0.4, 0.5) is 0 Å². The van der Waals surface area contributed by atoms with E-state index >= 15 is 0 Å². The molecule has 0 fully saturated rings. The highest BCUT2D eigenvalue weighted by Gasteiger charge is 2.14. The lowest BCUT2D eigenvalue weighted by atomic mass is 9.98. The van der Waals surface area contributed by atoms with Crippen LogP contribution in [0.25, 0.3) is 0 Å². The maximum absolute atomic E-state index is 13.2. The van der Waals surface area contributed by atoms with E-state index in [-0.39, 0.29) is 23.1 Å². The maximum atomic E-state index is 13.2. The highest BCUT2D eigenvalue weighted by Crippen LogP contribution is 2.25. The van der Waals surface area contributed by atoms with Gasteiger partial charge < -0.3 is 9.47 Å². The number of hydrogen-bond donors (Lipinski definition) is 0. The number of carbonyl (C=O) groups excluding carboxylic acids is 4. The van der Waals surface area contributed by atoms with Crippen LogP contribution in [0.1, 0.15) is 70.6 Å². The Morgan fingerprint density at radius 3 is 0.792 bits per heavy atom. The molecule has 48 heavy (non-hydrogen) atoms. The van der Waals surface area contributed by atoms with Gasteiger partial charge in [0.2, 0.25) is 0 Å². The molecular formula is C42H30O6. The molecule has 0 bridgehead atoms. The van der Waals surface area contributed by atoms with Crippen molar-refractivity contribution in [1.82, 2.24) is 0 Å². The molecule has 234 valence electrons. The van der Waals surface area contributed by atoms with Gasteiger partial charge in [0.1, 0.15) is 23.0 Å². The third kappa shape index (κ3) is 7.35. The smallest absolute Gasteiger partial charge is 0.193 e. The van der Waals surface area contributed by atoms with Crippen LogP contribution in [-0.2, 0) is 0 Å². The van der Waals surface area contributed by atoms with Crippen molar-refractivity contribution < 1.29 is 28.7 Å². The van der Waals surface area contributed by atoms with Crippen molar-refractivity contribution in [2.45, 2.75) is 13.8 Å². The van der Waals surface area contributed by atoms with Crippen molar-refractivity contribution in [3.63, 3.8) is 0 Å². The van der Waals surface area contributed by atoms with Crippen molar-refractivity contribution in [1.29, 1.82) is 0 Å². The van der Waals surface area contributed by atoms with E-state index in [2.05, 4.69) is 0 Å². The van der Waals surface area contributed by atoms with Gasteiger partial charge in [-0.3, -0.25) is 19.2 Å². The molecule has 6 aromatic rings. The normalized spacial score (nSPS) is 10.6. The number of aryl methyl sites for hydroxylation is 1. The molecule has 0 spiro atoms. The molecule has 0 unspecified atom stereocenters. The lowest BCUT2D eigenvalue weighted by Crippen LogP contribution is -2.04. The van der Waals surface area contributed by atoms with Gasteiger partial charge in [-0.05, 0) is 98.8 Å². The van der Waals surface area contributed by atoms with Gasteiger partial charge in [-0.25, -0.2) is 0 Å². The molecule has 0 aliphatic rings. The fourth-order valence-corrected chi connectivity index (χ4v) is 5.03. The first-order valence-electron chi connectivity index (χ1n) is 15.3. The molecule has 0 amide bonds. The summed E-state index contributed by atoms with van der Waals surface area (Å²) in [6.45, 7) is 3.49. The van der Waals surface area contributed by atoms with Crippen LogP contribution in [0.3, 0.4) is 0 Å². The summed E-state index contributed by atoms with van der Waals surface area (Å²) in [5.74, 6) is 1.86. The number of ketones is 4. The molecule has 0 saturated heterocycles. The Labute approximate surface area is 278 Å². The average molecular weight is 631 g/mol. The van der Waals surface area contributed by atoms with E-state index in [1.54, 1.807) is 121 Å². The Bertz CT molecular complexity index is 2090. The molecule has 0 N–H and O–H groups in total. The second-order valence-corrected chi connectivity index (χ2v) is 11.3. The second kappa shape index (κ2) is 13.9. The summed E-state index contributed by atoms with van der Waals surface area (Å²) in [6.07, 6.45) is 0. The summed E-state index contributed by atoms with van der Waals surface area (Å²) in [5.41, 5.74) is 4.60. The van der Waals surface area contributed by atoms with Gasteiger partial charge in [0.15, 0.2) is 23.1 Å². The highest BCUT2D eigenvalue weighted by atomic mass is 16.5. The number of carbonyl (C=O) groups is 4. The predicted octanol–water partition coefficient (Wildman–Crippen LogP) is 9.48. The zero-order valence-electron chi connectivity index (χ0n) is 26.3. The summed E-state index contributed by atoms with van der Waals surface area (Å²) in [6, 6.07) is 41.4. The van der Waals surface area contributed by atoms with Gasteiger partial charge in [0.25, 0.3) is 0 Å². The third-order valence-electron chi connectivity index (χ3n) is 7.80. The van der Waals surface area contributed by atoms with Gasteiger partial charge in [0.05, 0.1) is 0 Å². The first-order chi connectivity index (χ1) is 23.2. The van der Waals surface area contributed by atoms with Crippen LogP contribution in [0.2, 0.25) is 0 Å². The Morgan fingerprint density at radius 2 is 0.542 bits per heavy atom. The monoisotopic (exact) mass is 630 g/mol. The van der Waals surface area contributed by atoms with Gasteiger partial charge in [-0.2, -0.15) is 0 Å². The molecule has 6 rings (SSSR count). The van der Waals surface area contributed by atoms with Crippen LogP contribution in [0.15, 0.2) is 146 Å². The van der Waals surface area contributed by atoms with E-state index < -0.39 is 0 Å². The summed E-state index contributed by atoms with van der Waals surface area (Å²) < 4.78 is 11.8. The fraction of sp³-hybridized carbons (Fsp3) is 0.0476.